The zero-order valence-corrected chi connectivity index (χ0v) is 8.55. The molecular formula is C11H16FNO. The van der Waals surface area contributed by atoms with E-state index in [0.717, 1.165) is 17.7 Å². The van der Waals surface area contributed by atoms with Gasteiger partial charge in [-0.2, -0.15) is 0 Å². The van der Waals surface area contributed by atoms with Crippen LogP contribution in [0.3, 0.4) is 0 Å². The van der Waals surface area contributed by atoms with Gasteiger partial charge in [0.2, 0.25) is 0 Å². The van der Waals surface area contributed by atoms with Crippen LogP contribution in [0.4, 0.5) is 4.39 Å². The Kier molecular flexibility index (Phi) is 4.04. The summed E-state index contributed by atoms with van der Waals surface area (Å²) in [5.41, 5.74) is 1.82. The van der Waals surface area contributed by atoms with Gasteiger partial charge in [-0.1, -0.05) is 13.0 Å². The molecule has 0 amide bonds. The molecule has 1 unspecified atom stereocenters. The normalized spacial score (nSPS) is 12.9. The minimum Gasteiger partial charge on any atom is -0.394 e. The minimum absolute atomic E-state index is 0.0157. The van der Waals surface area contributed by atoms with Gasteiger partial charge >= 0.3 is 0 Å². The predicted molar refractivity (Wildman–Crippen MR) is 54.6 cm³/mol. The van der Waals surface area contributed by atoms with Crippen LogP contribution in [0.15, 0.2) is 18.2 Å². The lowest BCUT2D eigenvalue weighted by Gasteiger charge is -2.17. The average Bonchev–Trinajstić information content (AvgIpc) is 2.18. The van der Waals surface area contributed by atoms with Crippen molar-refractivity contribution in [3.63, 3.8) is 0 Å². The summed E-state index contributed by atoms with van der Waals surface area (Å²) in [6.07, 6.45) is 0. The van der Waals surface area contributed by atoms with Crippen LogP contribution in [0.2, 0.25) is 0 Å². The Labute approximate surface area is 83.8 Å². The van der Waals surface area contributed by atoms with Gasteiger partial charge < -0.3 is 10.4 Å². The van der Waals surface area contributed by atoms with Crippen molar-refractivity contribution in [1.29, 1.82) is 0 Å². The molecule has 2 N–H and O–H groups in total. The minimum atomic E-state index is -0.262. The molecule has 1 aromatic carbocycles. The SMILES string of the molecule is CCNC(CO)c1cc(F)ccc1C. The number of hydrogen-bond donors (Lipinski definition) is 2. The Bertz CT molecular complexity index is 301. The van der Waals surface area contributed by atoms with Gasteiger partial charge in [0.25, 0.3) is 0 Å². The summed E-state index contributed by atoms with van der Waals surface area (Å²) >= 11 is 0. The summed E-state index contributed by atoms with van der Waals surface area (Å²) in [6.45, 7) is 4.60. The van der Waals surface area contributed by atoms with Gasteiger partial charge in [-0.25, -0.2) is 4.39 Å². The average molecular weight is 197 g/mol. The molecule has 0 heterocycles. The van der Waals surface area contributed by atoms with Crippen molar-refractivity contribution in [3.05, 3.63) is 35.1 Å². The third-order valence-corrected chi connectivity index (χ3v) is 2.25. The Hall–Kier alpha value is -0.930. The van der Waals surface area contributed by atoms with Crippen LogP contribution >= 0.6 is 0 Å². The van der Waals surface area contributed by atoms with E-state index in [-0.39, 0.29) is 18.5 Å². The number of nitrogens with one attached hydrogen (secondary N) is 1. The van der Waals surface area contributed by atoms with Crippen LogP contribution in [0, 0.1) is 12.7 Å². The second kappa shape index (κ2) is 5.08. The smallest absolute Gasteiger partial charge is 0.123 e. The summed E-state index contributed by atoms with van der Waals surface area (Å²) in [6, 6.07) is 4.46. The van der Waals surface area contributed by atoms with Gasteiger partial charge in [-0.3, -0.25) is 0 Å². The molecule has 1 atom stereocenters. The van der Waals surface area contributed by atoms with Crippen LogP contribution in [0.25, 0.3) is 0 Å². The van der Waals surface area contributed by atoms with E-state index in [1.165, 1.54) is 12.1 Å². The molecule has 0 fully saturated rings. The van der Waals surface area contributed by atoms with Crippen molar-refractivity contribution in [2.24, 2.45) is 0 Å². The second-order valence-corrected chi connectivity index (χ2v) is 3.29. The molecule has 0 bridgehead atoms. The number of halogens is 1. The van der Waals surface area contributed by atoms with Gasteiger partial charge in [0.05, 0.1) is 12.6 Å². The number of aliphatic hydroxyl groups is 1. The molecule has 1 rings (SSSR count). The van der Waals surface area contributed by atoms with Crippen LogP contribution in [0.1, 0.15) is 24.1 Å². The van der Waals surface area contributed by atoms with Crippen molar-refractivity contribution in [2.75, 3.05) is 13.2 Å². The predicted octanol–water partition coefficient (Wildman–Crippen LogP) is 1.78. The molecule has 3 heteroatoms. The summed E-state index contributed by atoms with van der Waals surface area (Å²) in [7, 11) is 0. The fourth-order valence-electron chi connectivity index (χ4n) is 1.51. The Morgan fingerprint density at radius 3 is 2.79 bits per heavy atom. The number of hydrogen-bond acceptors (Lipinski definition) is 2. The molecule has 0 radical (unpaired) electrons. The Balaban J connectivity index is 2.96. The maximum atomic E-state index is 13.0. The van der Waals surface area contributed by atoms with Crippen molar-refractivity contribution in [3.8, 4) is 0 Å². The van der Waals surface area contributed by atoms with E-state index >= 15 is 0 Å². The van der Waals surface area contributed by atoms with Gasteiger partial charge in [0.15, 0.2) is 0 Å². The molecule has 1 aromatic rings. The lowest BCUT2D eigenvalue weighted by Crippen LogP contribution is -2.24. The zero-order chi connectivity index (χ0) is 10.6. The largest absolute Gasteiger partial charge is 0.394 e. The molecule has 78 valence electrons. The first-order valence-corrected chi connectivity index (χ1v) is 4.79. The van der Waals surface area contributed by atoms with Crippen molar-refractivity contribution < 1.29 is 9.50 Å². The fraction of sp³-hybridized carbons (Fsp3) is 0.455. The monoisotopic (exact) mass is 197 g/mol. The summed E-state index contributed by atoms with van der Waals surface area (Å²) < 4.78 is 13.0. The molecule has 0 aliphatic rings. The number of aryl methyl sites for hydroxylation is 1. The fourth-order valence-corrected chi connectivity index (χ4v) is 1.51. The molecule has 14 heavy (non-hydrogen) atoms. The van der Waals surface area contributed by atoms with E-state index in [2.05, 4.69) is 5.32 Å². The van der Waals surface area contributed by atoms with Gasteiger partial charge in [0.1, 0.15) is 5.82 Å². The van der Waals surface area contributed by atoms with Crippen LogP contribution in [-0.4, -0.2) is 18.3 Å². The van der Waals surface area contributed by atoms with E-state index < -0.39 is 0 Å². The molecule has 0 aliphatic carbocycles. The number of rotatable bonds is 4. The van der Waals surface area contributed by atoms with E-state index in [1.807, 2.05) is 13.8 Å². The molecule has 0 aliphatic heterocycles. The Morgan fingerprint density at radius 2 is 2.21 bits per heavy atom. The third kappa shape index (κ3) is 2.53. The number of benzene rings is 1. The highest BCUT2D eigenvalue weighted by molar-refractivity contribution is 5.29. The first-order chi connectivity index (χ1) is 6.69. The maximum absolute atomic E-state index is 13.0. The summed E-state index contributed by atoms with van der Waals surface area (Å²) in [4.78, 5) is 0. The van der Waals surface area contributed by atoms with Gasteiger partial charge in [0, 0.05) is 0 Å². The second-order valence-electron chi connectivity index (χ2n) is 3.29. The summed E-state index contributed by atoms with van der Waals surface area (Å²) in [5, 5.41) is 12.2. The molecular weight excluding hydrogens is 181 g/mol. The molecule has 0 saturated heterocycles. The highest BCUT2D eigenvalue weighted by Gasteiger charge is 2.11. The molecule has 0 saturated carbocycles. The lowest BCUT2D eigenvalue weighted by molar-refractivity contribution is 0.245. The lowest BCUT2D eigenvalue weighted by atomic mass is 10.0. The van der Waals surface area contributed by atoms with E-state index in [1.54, 1.807) is 6.07 Å². The number of likely N-dealkylation sites (N-methyl/N-ethyl adjacent to an activating group) is 1. The maximum Gasteiger partial charge on any atom is 0.123 e. The molecule has 2 nitrogen and oxygen atoms in total. The van der Waals surface area contributed by atoms with Crippen molar-refractivity contribution in [2.45, 2.75) is 19.9 Å². The summed E-state index contributed by atoms with van der Waals surface area (Å²) in [5.74, 6) is -0.262. The zero-order valence-electron chi connectivity index (χ0n) is 8.55. The first kappa shape index (κ1) is 11.1. The Morgan fingerprint density at radius 1 is 1.50 bits per heavy atom. The molecule has 0 spiro atoms. The first-order valence-electron chi connectivity index (χ1n) is 4.79. The van der Waals surface area contributed by atoms with E-state index in [9.17, 15) is 4.39 Å². The topological polar surface area (TPSA) is 32.3 Å². The quantitative estimate of drug-likeness (QED) is 0.771. The van der Waals surface area contributed by atoms with Crippen LogP contribution < -0.4 is 5.32 Å². The van der Waals surface area contributed by atoms with E-state index in [4.69, 9.17) is 5.11 Å². The van der Waals surface area contributed by atoms with Gasteiger partial charge in [-0.15, -0.1) is 0 Å². The number of aliphatic hydroxyl groups excluding tert-OH is 1. The van der Waals surface area contributed by atoms with Crippen LogP contribution in [-0.2, 0) is 0 Å². The van der Waals surface area contributed by atoms with Crippen LogP contribution in [0.5, 0.6) is 0 Å². The highest BCUT2D eigenvalue weighted by atomic mass is 19.1. The van der Waals surface area contributed by atoms with Gasteiger partial charge in [-0.05, 0) is 36.7 Å². The highest BCUT2D eigenvalue weighted by Crippen LogP contribution is 2.18. The molecule has 0 aromatic heterocycles. The standard InChI is InChI=1S/C11H16FNO/c1-3-13-11(7-14)10-6-9(12)5-4-8(10)2/h4-6,11,13-14H,3,7H2,1-2H3. The third-order valence-electron chi connectivity index (χ3n) is 2.25. The van der Waals surface area contributed by atoms with Crippen molar-refractivity contribution in [1.82, 2.24) is 5.32 Å². The van der Waals surface area contributed by atoms with Crippen molar-refractivity contribution >= 4 is 0 Å². The van der Waals surface area contributed by atoms with E-state index in [0.29, 0.717) is 0 Å².